The first-order valence-corrected chi connectivity index (χ1v) is 7.79. The molecule has 1 aliphatic carbocycles. The van der Waals surface area contributed by atoms with Crippen LogP contribution in [0.4, 0.5) is 4.39 Å². The lowest BCUT2D eigenvalue weighted by molar-refractivity contribution is -0.145. The molecule has 2 N–H and O–H groups in total. The molecule has 2 aliphatic rings. The molecule has 1 spiro atoms. The van der Waals surface area contributed by atoms with Crippen molar-refractivity contribution < 1.29 is 9.13 Å². The van der Waals surface area contributed by atoms with E-state index in [1.165, 1.54) is 31.4 Å². The maximum absolute atomic E-state index is 13.1. The molecule has 2 nitrogen and oxygen atoms in total. The highest BCUT2D eigenvalue weighted by molar-refractivity contribution is 6.31. The van der Waals surface area contributed by atoms with Crippen molar-refractivity contribution in [2.45, 2.75) is 50.2 Å². The van der Waals surface area contributed by atoms with Crippen LogP contribution in [0.1, 0.15) is 37.7 Å². The zero-order chi connectivity index (χ0) is 14.2. The minimum absolute atomic E-state index is 0.0688. The van der Waals surface area contributed by atoms with Gasteiger partial charge in [-0.3, -0.25) is 0 Å². The van der Waals surface area contributed by atoms with Gasteiger partial charge in [0.25, 0.3) is 0 Å². The number of halogens is 2. The van der Waals surface area contributed by atoms with Gasteiger partial charge in [-0.05, 0) is 62.1 Å². The Balaban J connectivity index is 1.65. The van der Waals surface area contributed by atoms with E-state index in [0.717, 1.165) is 25.0 Å². The smallest absolute Gasteiger partial charge is 0.124 e. The molecule has 0 bridgehead atoms. The second-order valence-corrected chi connectivity index (χ2v) is 6.65. The van der Waals surface area contributed by atoms with E-state index in [1.807, 2.05) is 0 Å². The summed E-state index contributed by atoms with van der Waals surface area (Å²) < 4.78 is 19.0. The molecule has 2 unspecified atom stereocenters. The number of rotatable bonds is 3. The molecule has 2 fully saturated rings. The Kier molecular flexibility index (Phi) is 4.02. The van der Waals surface area contributed by atoms with E-state index < -0.39 is 0 Å². The fourth-order valence-electron chi connectivity index (χ4n) is 3.46. The largest absolute Gasteiger partial charge is 0.375 e. The van der Waals surface area contributed by atoms with Crippen molar-refractivity contribution in [1.82, 2.24) is 0 Å². The summed E-state index contributed by atoms with van der Waals surface area (Å²) in [6.07, 6.45) is 6.40. The van der Waals surface area contributed by atoms with Gasteiger partial charge in [0, 0.05) is 17.7 Å². The molecule has 20 heavy (non-hydrogen) atoms. The van der Waals surface area contributed by atoms with Crippen molar-refractivity contribution in [1.29, 1.82) is 0 Å². The molecule has 0 amide bonds. The quantitative estimate of drug-likeness (QED) is 0.923. The SMILES string of the molecule is NC(Cc1ccc(F)cc1Cl)C1CCOC2(CCC2)C1. The Labute approximate surface area is 124 Å². The third-order valence-corrected chi connectivity index (χ3v) is 5.22. The van der Waals surface area contributed by atoms with Gasteiger partial charge < -0.3 is 10.5 Å². The predicted octanol–water partition coefficient (Wildman–Crippen LogP) is 3.70. The molecule has 0 radical (unpaired) electrons. The van der Waals surface area contributed by atoms with Gasteiger partial charge in [-0.2, -0.15) is 0 Å². The normalized spacial score (nSPS) is 26.2. The fourth-order valence-corrected chi connectivity index (χ4v) is 3.70. The molecule has 110 valence electrons. The first-order valence-electron chi connectivity index (χ1n) is 7.41. The van der Waals surface area contributed by atoms with Crippen molar-refractivity contribution in [3.63, 3.8) is 0 Å². The maximum atomic E-state index is 13.1. The molecule has 1 saturated heterocycles. The monoisotopic (exact) mass is 297 g/mol. The number of ether oxygens (including phenoxy) is 1. The topological polar surface area (TPSA) is 35.2 Å². The number of hydrogen-bond acceptors (Lipinski definition) is 2. The first kappa shape index (κ1) is 14.3. The van der Waals surface area contributed by atoms with Gasteiger partial charge in [0.1, 0.15) is 5.82 Å². The summed E-state index contributed by atoms with van der Waals surface area (Å²) >= 11 is 6.09. The van der Waals surface area contributed by atoms with Gasteiger partial charge in [0.2, 0.25) is 0 Å². The Morgan fingerprint density at radius 2 is 2.25 bits per heavy atom. The molecule has 1 aliphatic heterocycles. The van der Waals surface area contributed by atoms with E-state index in [-0.39, 0.29) is 17.5 Å². The van der Waals surface area contributed by atoms with Crippen molar-refractivity contribution in [3.8, 4) is 0 Å². The van der Waals surface area contributed by atoms with Gasteiger partial charge in [-0.15, -0.1) is 0 Å². The van der Waals surface area contributed by atoms with E-state index in [1.54, 1.807) is 6.07 Å². The average Bonchev–Trinajstić information content (AvgIpc) is 2.40. The average molecular weight is 298 g/mol. The van der Waals surface area contributed by atoms with Crippen LogP contribution < -0.4 is 5.73 Å². The molecule has 3 rings (SSSR count). The number of nitrogens with two attached hydrogens (primary N) is 1. The molecule has 4 heteroatoms. The van der Waals surface area contributed by atoms with Gasteiger partial charge in [0.05, 0.1) is 5.60 Å². The van der Waals surface area contributed by atoms with Crippen LogP contribution >= 0.6 is 11.6 Å². The Morgan fingerprint density at radius 1 is 1.45 bits per heavy atom. The molecular weight excluding hydrogens is 277 g/mol. The number of hydrogen-bond donors (Lipinski definition) is 1. The van der Waals surface area contributed by atoms with Gasteiger partial charge >= 0.3 is 0 Å². The molecule has 1 heterocycles. The van der Waals surface area contributed by atoms with Gasteiger partial charge in [-0.1, -0.05) is 17.7 Å². The Hall–Kier alpha value is -0.640. The molecule has 2 atom stereocenters. The third kappa shape index (κ3) is 2.85. The van der Waals surface area contributed by atoms with Crippen molar-refractivity contribution >= 4 is 11.6 Å². The van der Waals surface area contributed by atoms with Crippen molar-refractivity contribution in [2.24, 2.45) is 11.7 Å². The minimum atomic E-state index is -0.299. The molecular formula is C16H21ClFNO. The number of benzene rings is 1. The van der Waals surface area contributed by atoms with Crippen LogP contribution in [0.2, 0.25) is 5.02 Å². The maximum Gasteiger partial charge on any atom is 0.124 e. The highest BCUT2D eigenvalue weighted by Crippen LogP contribution is 2.45. The van der Waals surface area contributed by atoms with E-state index in [4.69, 9.17) is 22.1 Å². The Morgan fingerprint density at radius 3 is 2.90 bits per heavy atom. The summed E-state index contributed by atoms with van der Waals surface area (Å²) in [6.45, 7) is 0.815. The van der Waals surface area contributed by atoms with Crippen LogP contribution in [-0.2, 0) is 11.2 Å². The summed E-state index contributed by atoms with van der Waals surface area (Å²) in [7, 11) is 0. The second-order valence-electron chi connectivity index (χ2n) is 6.24. The predicted molar refractivity (Wildman–Crippen MR) is 78.3 cm³/mol. The van der Waals surface area contributed by atoms with Crippen molar-refractivity contribution in [3.05, 3.63) is 34.6 Å². The minimum Gasteiger partial charge on any atom is -0.375 e. The summed E-state index contributed by atoms with van der Waals surface area (Å²) in [5.74, 6) is 0.178. The Bertz CT molecular complexity index is 489. The third-order valence-electron chi connectivity index (χ3n) is 4.87. The van der Waals surface area contributed by atoms with Crippen LogP contribution in [0, 0.1) is 11.7 Å². The van der Waals surface area contributed by atoms with Gasteiger partial charge in [-0.25, -0.2) is 4.39 Å². The molecule has 1 saturated carbocycles. The summed E-state index contributed by atoms with van der Waals surface area (Å²) in [6, 6.07) is 4.63. The first-order chi connectivity index (χ1) is 9.58. The van der Waals surface area contributed by atoms with Crippen LogP contribution in [0.15, 0.2) is 18.2 Å². The highest BCUT2D eigenvalue weighted by Gasteiger charge is 2.43. The second kappa shape index (κ2) is 5.63. The summed E-state index contributed by atoms with van der Waals surface area (Å²) in [5, 5.41) is 0.478. The lowest BCUT2D eigenvalue weighted by Gasteiger charge is -2.48. The zero-order valence-corrected chi connectivity index (χ0v) is 12.3. The molecule has 1 aromatic carbocycles. The van der Waals surface area contributed by atoms with E-state index in [0.29, 0.717) is 17.4 Å². The molecule has 0 aromatic heterocycles. The standard InChI is InChI=1S/C16H21ClFNO/c17-14-9-13(18)3-2-11(14)8-15(19)12-4-7-20-16(10-12)5-1-6-16/h2-3,9,12,15H,1,4-8,10,19H2. The van der Waals surface area contributed by atoms with Crippen LogP contribution in [-0.4, -0.2) is 18.2 Å². The lowest BCUT2D eigenvalue weighted by atomic mass is 9.70. The van der Waals surface area contributed by atoms with Crippen molar-refractivity contribution in [2.75, 3.05) is 6.61 Å². The lowest BCUT2D eigenvalue weighted by Crippen LogP contribution is -2.49. The summed E-state index contributed by atoms with van der Waals surface area (Å²) in [5.41, 5.74) is 7.44. The van der Waals surface area contributed by atoms with Crippen LogP contribution in [0.25, 0.3) is 0 Å². The summed E-state index contributed by atoms with van der Waals surface area (Å²) in [4.78, 5) is 0. The van der Waals surface area contributed by atoms with E-state index in [9.17, 15) is 4.39 Å². The van der Waals surface area contributed by atoms with Crippen LogP contribution in [0.5, 0.6) is 0 Å². The van der Waals surface area contributed by atoms with Crippen LogP contribution in [0.3, 0.4) is 0 Å². The molecule has 1 aromatic rings. The fraction of sp³-hybridized carbons (Fsp3) is 0.625. The highest BCUT2D eigenvalue weighted by atomic mass is 35.5. The van der Waals surface area contributed by atoms with E-state index >= 15 is 0 Å². The van der Waals surface area contributed by atoms with Gasteiger partial charge in [0.15, 0.2) is 0 Å². The van der Waals surface area contributed by atoms with E-state index in [2.05, 4.69) is 0 Å². The zero-order valence-electron chi connectivity index (χ0n) is 11.6.